The summed E-state index contributed by atoms with van der Waals surface area (Å²) in [5.41, 5.74) is -0.367. The quantitative estimate of drug-likeness (QED) is 0.813. The van der Waals surface area contributed by atoms with E-state index in [9.17, 15) is 13.2 Å². The fourth-order valence-corrected chi connectivity index (χ4v) is 0.892. The van der Waals surface area contributed by atoms with Crippen LogP contribution >= 0.6 is 0 Å². The number of rotatable bonds is 2. The van der Waals surface area contributed by atoms with Crippen LogP contribution in [0.1, 0.15) is 11.7 Å². The number of alkyl halides is 3. The van der Waals surface area contributed by atoms with Crippen LogP contribution in [0, 0.1) is 0 Å². The molecule has 0 aromatic carbocycles. The summed E-state index contributed by atoms with van der Waals surface area (Å²) in [5.74, 6) is 0.285. The summed E-state index contributed by atoms with van der Waals surface area (Å²) in [6.07, 6.45) is -5.31. The van der Waals surface area contributed by atoms with E-state index in [1.54, 1.807) is 19.0 Å². The van der Waals surface area contributed by atoms with Gasteiger partial charge >= 0.3 is 6.18 Å². The fraction of sp³-hybridized carbons (Fsp3) is 0.500. The molecule has 0 fully saturated rings. The number of aliphatic hydroxyl groups is 1. The van der Waals surface area contributed by atoms with Crippen LogP contribution in [0.2, 0.25) is 0 Å². The summed E-state index contributed by atoms with van der Waals surface area (Å²) in [6, 6.07) is 0. The van der Waals surface area contributed by atoms with Crippen molar-refractivity contribution in [2.75, 3.05) is 19.0 Å². The van der Waals surface area contributed by atoms with E-state index >= 15 is 0 Å². The third-order valence-electron chi connectivity index (χ3n) is 1.68. The van der Waals surface area contributed by atoms with Gasteiger partial charge in [0.15, 0.2) is 6.10 Å². The molecule has 0 aliphatic rings. The number of hydrogen-bond donors (Lipinski definition) is 1. The average molecular weight is 221 g/mol. The monoisotopic (exact) mass is 221 g/mol. The molecule has 4 nitrogen and oxygen atoms in total. The third-order valence-corrected chi connectivity index (χ3v) is 1.68. The molecule has 0 aliphatic carbocycles. The van der Waals surface area contributed by atoms with Crippen molar-refractivity contribution < 1.29 is 18.3 Å². The predicted octanol–water partition coefficient (Wildman–Crippen LogP) is 1.14. The van der Waals surface area contributed by atoms with Gasteiger partial charge in [0.2, 0.25) is 5.95 Å². The minimum atomic E-state index is -4.69. The zero-order valence-corrected chi connectivity index (χ0v) is 8.15. The van der Waals surface area contributed by atoms with Crippen LogP contribution in [-0.4, -0.2) is 35.3 Å². The van der Waals surface area contributed by atoms with Crippen molar-refractivity contribution in [2.24, 2.45) is 0 Å². The SMILES string of the molecule is CN(C)c1ncc(C(O)C(F)(F)F)cn1. The lowest BCUT2D eigenvalue weighted by molar-refractivity contribution is -0.206. The summed E-state index contributed by atoms with van der Waals surface area (Å²) >= 11 is 0. The normalized spacial score (nSPS) is 13.7. The molecule has 15 heavy (non-hydrogen) atoms. The van der Waals surface area contributed by atoms with E-state index in [4.69, 9.17) is 5.11 Å². The third kappa shape index (κ3) is 2.79. The van der Waals surface area contributed by atoms with Crippen molar-refractivity contribution in [1.29, 1.82) is 0 Å². The van der Waals surface area contributed by atoms with Gasteiger partial charge in [0.1, 0.15) is 0 Å². The largest absolute Gasteiger partial charge is 0.418 e. The first kappa shape index (κ1) is 11.7. The summed E-state index contributed by atoms with van der Waals surface area (Å²) in [6.45, 7) is 0. The second-order valence-corrected chi connectivity index (χ2v) is 3.15. The van der Waals surface area contributed by atoms with Crippen LogP contribution in [0.25, 0.3) is 0 Å². The molecule has 0 saturated heterocycles. The minimum absolute atomic E-state index is 0.285. The van der Waals surface area contributed by atoms with Crippen molar-refractivity contribution in [3.05, 3.63) is 18.0 Å². The molecule has 1 rings (SSSR count). The maximum atomic E-state index is 12.1. The van der Waals surface area contributed by atoms with Gasteiger partial charge in [0.05, 0.1) is 0 Å². The molecule has 0 bridgehead atoms. The molecule has 0 aliphatic heterocycles. The Hall–Kier alpha value is -1.37. The molecular formula is C8H10F3N3O. The van der Waals surface area contributed by atoms with E-state index < -0.39 is 12.3 Å². The molecule has 1 heterocycles. The molecule has 1 N–H and O–H groups in total. The van der Waals surface area contributed by atoms with Crippen LogP contribution in [0.15, 0.2) is 12.4 Å². The van der Waals surface area contributed by atoms with Gasteiger partial charge in [-0.05, 0) is 0 Å². The Labute approximate surface area is 84.4 Å². The van der Waals surface area contributed by atoms with Gasteiger partial charge in [-0.15, -0.1) is 0 Å². The summed E-state index contributed by atoms with van der Waals surface area (Å²) in [5, 5.41) is 8.87. The van der Waals surface area contributed by atoms with E-state index in [2.05, 4.69) is 9.97 Å². The van der Waals surface area contributed by atoms with Gasteiger partial charge in [-0.25, -0.2) is 9.97 Å². The highest BCUT2D eigenvalue weighted by Gasteiger charge is 2.39. The van der Waals surface area contributed by atoms with Gasteiger partial charge in [0.25, 0.3) is 0 Å². The van der Waals surface area contributed by atoms with Crippen molar-refractivity contribution in [3.63, 3.8) is 0 Å². The number of aromatic nitrogens is 2. The lowest BCUT2D eigenvalue weighted by Crippen LogP contribution is -2.21. The van der Waals surface area contributed by atoms with Crippen LogP contribution in [0.3, 0.4) is 0 Å². The van der Waals surface area contributed by atoms with Crippen molar-refractivity contribution in [1.82, 2.24) is 9.97 Å². The van der Waals surface area contributed by atoms with E-state index in [1.807, 2.05) is 0 Å². The van der Waals surface area contributed by atoms with Gasteiger partial charge < -0.3 is 10.0 Å². The smallest absolute Gasteiger partial charge is 0.379 e. The van der Waals surface area contributed by atoms with E-state index in [1.165, 1.54) is 0 Å². The molecule has 1 atom stereocenters. The Morgan fingerprint density at radius 3 is 2.07 bits per heavy atom. The Kier molecular flexibility index (Phi) is 3.13. The minimum Gasteiger partial charge on any atom is -0.379 e. The fourth-order valence-electron chi connectivity index (χ4n) is 0.892. The number of aliphatic hydroxyl groups excluding tert-OH is 1. The molecule has 0 amide bonds. The van der Waals surface area contributed by atoms with Gasteiger partial charge in [-0.3, -0.25) is 0 Å². The molecule has 7 heteroatoms. The highest BCUT2D eigenvalue weighted by Crippen LogP contribution is 2.31. The van der Waals surface area contributed by atoms with Crippen LogP contribution in [0.4, 0.5) is 19.1 Å². The Bertz CT molecular complexity index is 323. The Morgan fingerprint density at radius 1 is 1.27 bits per heavy atom. The van der Waals surface area contributed by atoms with E-state index in [0.717, 1.165) is 12.4 Å². The van der Waals surface area contributed by atoms with E-state index in [-0.39, 0.29) is 11.5 Å². The molecule has 0 saturated carbocycles. The predicted molar refractivity (Wildman–Crippen MR) is 47.4 cm³/mol. The molecule has 0 spiro atoms. The number of hydrogen-bond acceptors (Lipinski definition) is 4. The highest BCUT2D eigenvalue weighted by atomic mass is 19.4. The summed E-state index contributed by atoms with van der Waals surface area (Å²) in [7, 11) is 3.32. The zero-order valence-electron chi connectivity index (χ0n) is 8.15. The Balaban J connectivity index is 2.89. The number of halogens is 3. The van der Waals surface area contributed by atoms with Crippen LogP contribution < -0.4 is 4.90 Å². The number of anilines is 1. The highest BCUT2D eigenvalue weighted by molar-refractivity contribution is 5.27. The first-order chi connectivity index (χ1) is 6.82. The summed E-state index contributed by atoms with van der Waals surface area (Å²) in [4.78, 5) is 8.88. The summed E-state index contributed by atoms with van der Waals surface area (Å²) < 4.78 is 36.2. The van der Waals surface area contributed by atoms with Gasteiger partial charge in [-0.2, -0.15) is 13.2 Å². The van der Waals surface area contributed by atoms with Gasteiger partial charge in [-0.1, -0.05) is 0 Å². The zero-order chi connectivity index (χ0) is 11.6. The van der Waals surface area contributed by atoms with Crippen molar-refractivity contribution in [3.8, 4) is 0 Å². The van der Waals surface area contributed by atoms with Crippen molar-refractivity contribution in [2.45, 2.75) is 12.3 Å². The Morgan fingerprint density at radius 2 is 1.73 bits per heavy atom. The second kappa shape index (κ2) is 4.01. The van der Waals surface area contributed by atoms with Gasteiger partial charge in [0, 0.05) is 32.1 Å². The molecule has 1 aromatic rings. The maximum Gasteiger partial charge on any atom is 0.418 e. The maximum absolute atomic E-state index is 12.1. The number of nitrogens with zero attached hydrogens (tertiary/aromatic N) is 3. The first-order valence-corrected chi connectivity index (χ1v) is 4.06. The van der Waals surface area contributed by atoms with Crippen LogP contribution in [-0.2, 0) is 0 Å². The second-order valence-electron chi connectivity index (χ2n) is 3.15. The molecule has 1 unspecified atom stereocenters. The standard InChI is InChI=1S/C8H10F3N3O/c1-14(2)7-12-3-5(4-13-7)6(15)8(9,10)11/h3-4,6,15H,1-2H3. The first-order valence-electron chi connectivity index (χ1n) is 4.06. The molecule has 0 radical (unpaired) electrons. The van der Waals surface area contributed by atoms with Crippen molar-refractivity contribution >= 4 is 5.95 Å². The topological polar surface area (TPSA) is 49.2 Å². The lowest BCUT2D eigenvalue weighted by Gasteiger charge is -2.15. The lowest BCUT2D eigenvalue weighted by atomic mass is 10.2. The molecule has 1 aromatic heterocycles. The molecular weight excluding hydrogens is 211 g/mol. The average Bonchev–Trinajstić information content (AvgIpc) is 2.15. The molecule has 84 valence electrons. The van der Waals surface area contributed by atoms with Crippen LogP contribution in [0.5, 0.6) is 0 Å². The van der Waals surface area contributed by atoms with E-state index in [0.29, 0.717) is 0 Å².